The number of allylic oxidation sites excluding steroid dienone is 2. The maximum Gasteiger partial charge on any atom is 0.130 e. The third-order valence-electron chi connectivity index (χ3n) is 3.10. The summed E-state index contributed by atoms with van der Waals surface area (Å²) in [5.41, 5.74) is -0.715. The standard InChI is InChI=1S/C13H12F2O/c14-10-4-5-12(15)11(8-10)13(9-16)6-2-1-3-7-13/h1-2,4-5,8-9H,3,6-7H2. The lowest BCUT2D eigenvalue weighted by Crippen LogP contribution is -2.30. The highest BCUT2D eigenvalue weighted by atomic mass is 19.1. The first-order chi connectivity index (χ1) is 7.68. The van der Waals surface area contributed by atoms with Gasteiger partial charge in [-0.1, -0.05) is 12.2 Å². The molecule has 1 aliphatic carbocycles. The maximum atomic E-state index is 13.6. The molecule has 0 saturated heterocycles. The number of carbonyl (C=O) groups excluding carboxylic acids is 1. The van der Waals surface area contributed by atoms with Gasteiger partial charge in [0.05, 0.1) is 5.41 Å². The molecule has 1 aromatic carbocycles. The van der Waals surface area contributed by atoms with Crippen molar-refractivity contribution in [2.24, 2.45) is 0 Å². The van der Waals surface area contributed by atoms with Crippen LogP contribution in [0.4, 0.5) is 8.78 Å². The third-order valence-corrected chi connectivity index (χ3v) is 3.10. The van der Waals surface area contributed by atoms with Gasteiger partial charge in [-0.05, 0) is 37.5 Å². The normalized spacial score (nSPS) is 24.4. The van der Waals surface area contributed by atoms with Crippen LogP contribution in [0.25, 0.3) is 0 Å². The second-order valence-corrected chi connectivity index (χ2v) is 4.11. The van der Waals surface area contributed by atoms with Crippen LogP contribution in [0.15, 0.2) is 30.4 Å². The molecule has 2 rings (SSSR count). The molecule has 1 unspecified atom stereocenters. The second kappa shape index (κ2) is 4.16. The lowest BCUT2D eigenvalue weighted by Gasteiger charge is -2.29. The Balaban J connectivity index is 2.51. The maximum absolute atomic E-state index is 13.6. The molecule has 16 heavy (non-hydrogen) atoms. The minimum atomic E-state index is -0.888. The van der Waals surface area contributed by atoms with Crippen LogP contribution in [-0.4, -0.2) is 6.29 Å². The molecule has 1 aromatic rings. The zero-order valence-corrected chi connectivity index (χ0v) is 8.75. The summed E-state index contributed by atoms with van der Waals surface area (Å²) >= 11 is 0. The van der Waals surface area contributed by atoms with E-state index in [1.54, 1.807) is 0 Å². The van der Waals surface area contributed by atoms with E-state index in [1.165, 1.54) is 0 Å². The zero-order valence-electron chi connectivity index (χ0n) is 8.75. The Hall–Kier alpha value is -1.51. The van der Waals surface area contributed by atoms with Gasteiger partial charge in [0.2, 0.25) is 0 Å². The van der Waals surface area contributed by atoms with Crippen molar-refractivity contribution in [3.05, 3.63) is 47.5 Å². The molecule has 84 valence electrons. The van der Waals surface area contributed by atoms with E-state index in [1.807, 2.05) is 12.2 Å². The van der Waals surface area contributed by atoms with E-state index in [-0.39, 0.29) is 5.56 Å². The zero-order chi connectivity index (χ0) is 11.6. The van der Waals surface area contributed by atoms with E-state index in [0.29, 0.717) is 19.3 Å². The topological polar surface area (TPSA) is 17.1 Å². The van der Waals surface area contributed by atoms with Gasteiger partial charge in [0.1, 0.15) is 17.9 Å². The molecule has 1 aliphatic rings. The summed E-state index contributed by atoms with van der Waals surface area (Å²) in [5, 5.41) is 0. The molecule has 0 radical (unpaired) electrons. The first-order valence-corrected chi connectivity index (χ1v) is 5.25. The van der Waals surface area contributed by atoms with Crippen molar-refractivity contribution >= 4 is 6.29 Å². The molecule has 1 nitrogen and oxygen atoms in total. The van der Waals surface area contributed by atoms with Crippen molar-refractivity contribution in [2.75, 3.05) is 0 Å². The van der Waals surface area contributed by atoms with E-state index >= 15 is 0 Å². The molecule has 0 bridgehead atoms. The van der Waals surface area contributed by atoms with Crippen LogP contribution >= 0.6 is 0 Å². The average molecular weight is 222 g/mol. The number of halogens is 2. The molecule has 0 saturated carbocycles. The van der Waals surface area contributed by atoms with Crippen LogP contribution in [0.2, 0.25) is 0 Å². The minimum Gasteiger partial charge on any atom is -0.302 e. The van der Waals surface area contributed by atoms with Crippen LogP contribution < -0.4 is 0 Å². The Morgan fingerprint density at radius 2 is 2.06 bits per heavy atom. The molecular weight excluding hydrogens is 210 g/mol. The van der Waals surface area contributed by atoms with E-state index in [0.717, 1.165) is 24.5 Å². The van der Waals surface area contributed by atoms with Crippen molar-refractivity contribution in [3.63, 3.8) is 0 Å². The predicted octanol–water partition coefficient (Wildman–Crippen LogP) is 3.14. The fourth-order valence-electron chi connectivity index (χ4n) is 2.15. The molecule has 0 fully saturated rings. The highest BCUT2D eigenvalue weighted by Crippen LogP contribution is 2.36. The summed E-state index contributed by atoms with van der Waals surface area (Å²) in [6.07, 6.45) is 6.24. The van der Waals surface area contributed by atoms with E-state index in [2.05, 4.69) is 0 Å². The number of hydrogen-bond acceptors (Lipinski definition) is 1. The number of aldehydes is 1. The van der Waals surface area contributed by atoms with Crippen LogP contribution in [0, 0.1) is 11.6 Å². The van der Waals surface area contributed by atoms with Gasteiger partial charge >= 0.3 is 0 Å². The van der Waals surface area contributed by atoms with Crippen LogP contribution in [-0.2, 0) is 10.2 Å². The van der Waals surface area contributed by atoms with E-state index in [4.69, 9.17) is 0 Å². The molecule has 1 atom stereocenters. The quantitative estimate of drug-likeness (QED) is 0.555. The molecule has 0 aromatic heterocycles. The van der Waals surface area contributed by atoms with E-state index in [9.17, 15) is 13.6 Å². The van der Waals surface area contributed by atoms with Crippen molar-refractivity contribution in [1.29, 1.82) is 0 Å². The smallest absolute Gasteiger partial charge is 0.130 e. The van der Waals surface area contributed by atoms with Gasteiger partial charge in [-0.2, -0.15) is 0 Å². The summed E-state index contributed by atoms with van der Waals surface area (Å²) in [6.45, 7) is 0. The fraction of sp³-hybridized carbons (Fsp3) is 0.308. The van der Waals surface area contributed by atoms with Gasteiger partial charge in [0, 0.05) is 5.56 Å². The number of hydrogen-bond donors (Lipinski definition) is 0. The Bertz CT molecular complexity index is 440. The fourth-order valence-corrected chi connectivity index (χ4v) is 2.15. The molecule has 0 N–H and O–H groups in total. The Morgan fingerprint density at radius 1 is 1.25 bits per heavy atom. The summed E-state index contributed by atoms with van der Waals surface area (Å²) in [6, 6.07) is 3.27. The minimum absolute atomic E-state index is 0.173. The highest BCUT2D eigenvalue weighted by molar-refractivity contribution is 5.69. The largest absolute Gasteiger partial charge is 0.302 e. The molecule has 0 amide bonds. The van der Waals surface area contributed by atoms with E-state index < -0.39 is 17.0 Å². The van der Waals surface area contributed by atoms with Gasteiger partial charge in [-0.25, -0.2) is 8.78 Å². The Labute approximate surface area is 92.8 Å². The van der Waals surface area contributed by atoms with Crippen LogP contribution in [0.1, 0.15) is 24.8 Å². The number of carbonyl (C=O) groups is 1. The van der Waals surface area contributed by atoms with Crippen LogP contribution in [0.5, 0.6) is 0 Å². The summed E-state index contributed by atoms with van der Waals surface area (Å²) in [4.78, 5) is 11.2. The van der Waals surface area contributed by atoms with Crippen molar-refractivity contribution in [1.82, 2.24) is 0 Å². The van der Waals surface area contributed by atoms with Gasteiger partial charge in [0.15, 0.2) is 0 Å². The van der Waals surface area contributed by atoms with Gasteiger partial charge in [-0.15, -0.1) is 0 Å². The van der Waals surface area contributed by atoms with Crippen molar-refractivity contribution < 1.29 is 13.6 Å². The van der Waals surface area contributed by atoms with Gasteiger partial charge in [0.25, 0.3) is 0 Å². The third kappa shape index (κ3) is 1.77. The predicted molar refractivity (Wildman–Crippen MR) is 57.1 cm³/mol. The summed E-state index contributed by atoms with van der Waals surface area (Å²) in [7, 11) is 0. The van der Waals surface area contributed by atoms with Crippen molar-refractivity contribution in [2.45, 2.75) is 24.7 Å². The lowest BCUT2D eigenvalue weighted by molar-refractivity contribution is -0.113. The van der Waals surface area contributed by atoms with Gasteiger partial charge in [-0.3, -0.25) is 0 Å². The Kier molecular flexibility index (Phi) is 2.86. The first-order valence-electron chi connectivity index (χ1n) is 5.25. The first kappa shape index (κ1) is 11.0. The molecule has 0 spiro atoms. The molecule has 0 heterocycles. The highest BCUT2D eigenvalue weighted by Gasteiger charge is 2.34. The molecular formula is C13H12F2O. The van der Waals surface area contributed by atoms with Crippen LogP contribution in [0.3, 0.4) is 0 Å². The summed E-state index contributed by atoms with van der Waals surface area (Å²) < 4.78 is 26.7. The second-order valence-electron chi connectivity index (χ2n) is 4.11. The lowest BCUT2D eigenvalue weighted by atomic mass is 9.73. The number of benzene rings is 1. The summed E-state index contributed by atoms with van der Waals surface area (Å²) in [5.74, 6) is -1.02. The Morgan fingerprint density at radius 3 is 2.69 bits per heavy atom. The SMILES string of the molecule is O=CC1(c2cc(F)ccc2F)CC=CCC1. The number of rotatable bonds is 2. The average Bonchev–Trinajstić information content (AvgIpc) is 2.33. The van der Waals surface area contributed by atoms with Gasteiger partial charge < -0.3 is 4.79 Å². The monoisotopic (exact) mass is 222 g/mol. The molecule has 0 aliphatic heterocycles. The van der Waals surface area contributed by atoms with Crippen molar-refractivity contribution in [3.8, 4) is 0 Å². The molecule has 3 heteroatoms.